The highest BCUT2D eigenvalue weighted by Crippen LogP contribution is 2.16. The molecule has 0 amide bonds. The topological polar surface area (TPSA) is 77.2 Å². The molecule has 0 aliphatic heterocycles. The molecule has 6 nitrogen and oxygen atoms in total. The molecule has 1 atom stereocenters. The summed E-state index contributed by atoms with van der Waals surface area (Å²) in [7, 11) is 1.95. The molecule has 0 fully saturated rings. The molecule has 0 saturated heterocycles. The van der Waals surface area contributed by atoms with Gasteiger partial charge in [-0.3, -0.25) is 0 Å². The van der Waals surface area contributed by atoms with Gasteiger partial charge in [0, 0.05) is 13.1 Å². The second-order valence-electron chi connectivity index (χ2n) is 4.69. The van der Waals surface area contributed by atoms with Gasteiger partial charge < -0.3 is 15.4 Å². The number of nitrogens with zero attached hydrogens (tertiary/aromatic N) is 4. The van der Waals surface area contributed by atoms with Crippen LogP contribution >= 0.6 is 0 Å². The van der Waals surface area contributed by atoms with Crippen molar-refractivity contribution in [2.75, 3.05) is 17.7 Å². The van der Waals surface area contributed by atoms with Gasteiger partial charge in [-0.15, -0.1) is 0 Å². The molecular formula is C12H23N5O. The van der Waals surface area contributed by atoms with Crippen LogP contribution in [0.15, 0.2) is 0 Å². The molecule has 2 N–H and O–H groups in total. The number of nitrogen functional groups attached to an aromatic ring is 1. The van der Waals surface area contributed by atoms with E-state index in [2.05, 4.69) is 28.8 Å². The number of hydrogen-bond donors (Lipinski definition) is 1. The molecule has 0 saturated carbocycles. The Morgan fingerprint density at radius 3 is 2.44 bits per heavy atom. The van der Waals surface area contributed by atoms with E-state index in [4.69, 9.17) is 10.5 Å². The fraction of sp³-hybridized carbons (Fsp3) is 0.750. The van der Waals surface area contributed by atoms with Gasteiger partial charge in [-0.1, -0.05) is 13.3 Å². The second kappa shape index (κ2) is 6.37. The highest BCUT2D eigenvalue weighted by Gasteiger charge is 2.15. The Labute approximate surface area is 109 Å². The molecule has 0 aliphatic rings. The van der Waals surface area contributed by atoms with Crippen molar-refractivity contribution in [3.63, 3.8) is 0 Å². The Morgan fingerprint density at radius 2 is 1.89 bits per heavy atom. The molecule has 6 heteroatoms. The zero-order valence-corrected chi connectivity index (χ0v) is 11.8. The van der Waals surface area contributed by atoms with Gasteiger partial charge in [-0.2, -0.15) is 15.0 Å². The van der Waals surface area contributed by atoms with E-state index in [1.54, 1.807) is 0 Å². The largest absolute Gasteiger partial charge is 0.461 e. The van der Waals surface area contributed by atoms with Gasteiger partial charge in [0.1, 0.15) is 0 Å². The van der Waals surface area contributed by atoms with Crippen molar-refractivity contribution in [2.45, 2.75) is 52.7 Å². The molecule has 1 aromatic rings. The minimum atomic E-state index is 0.0121. The van der Waals surface area contributed by atoms with Gasteiger partial charge in [0.15, 0.2) is 0 Å². The third-order valence-electron chi connectivity index (χ3n) is 2.64. The Bertz CT molecular complexity index is 383. The first kappa shape index (κ1) is 14.5. The summed E-state index contributed by atoms with van der Waals surface area (Å²) in [5.41, 5.74) is 5.68. The van der Waals surface area contributed by atoms with Crippen LogP contribution in [0.1, 0.15) is 40.5 Å². The van der Waals surface area contributed by atoms with Gasteiger partial charge in [-0.05, 0) is 27.2 Å². The highest BCUT2D eigenvalue weighted by atomic mass is 16.5. The smallest absolute Gasteiger partial charge is 0.323 e. The zero-order chi connectivity index (χ0) is 13.7. The van der Waals surface area contributed by atoms with Crippen LogP contribution in [-0.4, -0.2) is 34.1 Å². The maximum Gasteiger partial charge on any atom is 0.323 e. The number of ether oxygens (including phenoxy) is 1. The molecule has 0 bridgehead atoms. The first-order valence-corrected chi connectivity index (χ1v) is 6.35. The summed E-state index contributed by atoms with van der Waals surface area (Å²) in [5.74, 6) is 0.741. The Hall–Kier alpha value is -1.59. The maximum atomic E-state index is 5.68. The van der Waals surface area contributed by atoms with Crippen LogP contribution in [0.25, 0.3) is 0 Å². The molecule has 1 aromatic heterocycles. The average Bonchev–Trinajstić information content (AvgIpc) is 2.26. The van der Waals surface area contributed by atoms with Gasteiger partial charge >= 0.3 is 6.01 Å². The lowest BCUT2D eigenvalue weighted by molar-refractivity contribution is 0.222. The molecule has 1 unspecified atom stereocenters. The molecule has 0 aliphatic carbocycles. The predicted molar refractivity (Wildman–Crippen MR) is 72.8 cm³/mol. The van der Waals surface area contributed by atoms with Crippen LogP contribution in [0.5, 0.6) is 6.01 Å². The molecular weight excluding hydrogens is 230 g/mol. The van der Waals surface area contributed by atoms with Crippen LogP contribution in [-0.2, 0) is 0 Å². The summed E-state index contributed by atoms with van der Waals surface area (Å²) < 4.78 is 5.46. The quantitative estimate of drug-likeness (QED) is 0.834. The molecule has 1 heterocycles. The third kappa shape index (κ3) is 4.01. The fourth-order valence-corrected chi connectivity index (χ4v) is 1.59. The van der Waals surface area contributed by atoms with E-state index in [9.17, 15) is 0 Å². The molecule has 102 valence electrons. The van der Waals surface area contributed by atoms with Crippen molar-refractivity contribution in [3.05, 3.63) is 0 Å². The normalized spacial score (nSPS) is 12.6. The van der Waals surface area contributed by atoms with Crippen LogP contribution in [0.3, 0.4) is 0 Å². The average molecular weight is 253 g/mol. The summed E-state index contributed by atoms with van der Waals surface area (Å²) in [6.45, 7) is 8.12. The lowest BCUT2D eigenvalue weighted by atomic mass is 10.2. The molecule has 0 radical (unpaired) electrons. The number of aromatic nitrogens is 3. The maximum absolute atomic E-state index is 5.68. The van der Waals surface area contributed by atoms with E-state index in [1.807, 2.05) is 25.8 Å². The fourth-order valence-electron chi connectivity index (χ4n) is 1.59. The van der Waals surface area contributed by atoms with Crippen LogP contribution < -0.4 is 15.4 Å². The summed E-state index contributed by atoms with van der Waals surface area (Å²) >= 11 is 0. The van der Waals surface area contributed by atoms with Crippen LogP contribution in [0.2, 0.25) is 0 Å². The van der Waals surface area contributed by atoms with Gasteiger partial charge in [0.25, 0.3) is 0 Å². The minimum absolute atomic E-state index is 0.0121. The first-order valence-electron chi connectivity index (χ1n) is 6.35. The lowest BCUT2D eigenvalue weighted by Crippen LogP contribution is -2.30. The summed E-state index contributed by atoms with van der Waals surface area (Å²) in [4.78, 5) is 14.4. The van der Waals surface area contributed by atoms with E-state index in [-0.39, 0.29) is 18.1 Å². The third-order valence-corrected chi connectivity index (χ3v) is 2.64. The number of hydrogen-bond acceptors (Lipinski definition) is 6. The summed E-state index contributed by atoms with van der Waals surface area (Å²) in [6.07, 6.45) is 2.20. The molecule has 0 spiro atoms. The molecule has 18 heavy (non-hydrogen) atoms. The van der Waals surface area contributed by atoms with E-state index in [0.29, 0.717) is 12.0 Å². The second-order valence-corrected chi connectivity index (χ2v) is 4.69. The van der Waals surface area contributed by atoms with Crippen LogP contribution in [0, 0.1) is 0 Å². The molecule has 0 aromatic carbocycles. The van der Waals surface area contributed by atoms with E-state index in [1.165, 1.54) is 0 Å². The van der Waals surface area contributed by atoms with Crippen LogP contribution in [0.4, 0.5) is 11.9 Å². The summed E-state index contributed by atoms with van der Waals surface area (Å²) in [5, 5.41) is 0. The zero-order valence-electron chi connectivity index (χ0n) is 11.8. The van der Waals surface area contributed by atoms with E-state index >= 15 is 0 Å². The molecule has 1 rings (SSSR count). The van der Waals surface area contributed by atoms with Gasteiger partial charge in [0.2, 0.25) is 11.9 Å². The van der Waals surface area contributed by atoms with Gasteiger partial charge in [0.05, 0.1) is 6.10 Å². The predicted octanol–water partition coefficient (Wildman–Crippen LogP) is 1.87. The summed E-state index contributed by atoms with van der Waals surface area (Å²) in [6, 6.07) is 0.631. The number of nitrogens with two attached hydrogens (primary N) is 1. The number of rotatable bonds is 6. The standard InChI is InChI=1S/C12H23N5O/c1-6-7-9(4)17(5)11-14-10(13)15-12(16-11)18-8(2)3/h8-9H,6-7H2,1-5H3,(H2,13,14,15,16). The van der Waals surface area contributed by atoms with Crippen molar-refractivity contribution < 1.29 is 4.74 Å². The van der Waals surface area contributed by atoms with Crippen molar-refractivity contribution in [2.24, 2.45) is 0 Å². The van der Waals surface area contributed by atoms with Gasteiger partial charge in [-0.25, -0.2) is 0 Å². The van der Waals surface area contributed by atoms with E-state index < -0.39 is 0 Å². The number of anilines is 2. The van der Waals surface area contributed by atoms with Crippen molar-refractivity contribution >= 4 is 11.9 Å². The Balaban J connectivity index is 2.91. The van der Waals surface area contributed by atoms with Crippen molar-refractivity contribution in [3.8, 4) is 6.01 Å². The minimum Gasteiger partial charge on any atom is -0.461 e. The van der Waals surface area contributed by atoms with Crippen molar-refractivity contribution in [1.29, 1.82) is 0 Å². The Morgan fingerprint density at radius 1 is 1.22 bits per heavy atom. The first-order chi connectivity index (χ1) is 8.43. The highest BCUT2D eigenvalue weighted by molar-refractivity contribution is 5.36. The Kier molecular flexibility index (Phi) is 5.12. The van der Waals surface area contributed by atoms with Crippen molar-refractivity contribution in [1.82, 2.24) is 15.0 Å². The lowest BCUT2D eigenvalue weighted by Gasteiger charge is -2.24. The SMILES string of the molecule is CCCC(C)N(C)c1nc(N)nc(OC(C)C)n1. The monoisotopic (exact) mass is 253 g/mol. The van der Waals surface area contributed by atoms with E-state index in [0.717, 1.165) is 12.8 Å².